The predicted octanol–water partition coefficient (Wildman–Crippen LogP) is 5.51. The summed E-state index contributed by atoms with van der Waals surface area (Å²) in [4.78, 5) is 23.3. The topological polar surface area (TPSA) is 121 Å². The standard InChI is InChI=1S/C21H11ClF7N7O2/c22-14-16(30)32-8-33-19(14)38-13-4-3-9(6-12(13)23)35-18(37)10-7-34-36(15(10)21(27,28)29)17-11(20(24,25)26)2-1-5-31-17/h1-8H,(H,35,37)(H2,30,32,33). The minimum absolute atomic E-state index is 0.133. The molecule has 4 rings (SSSR count). The van der Waals surface area contributed by atoms with Crippen LogP contribution < -0.4 is 15.8 Å². The SMILES string of the molecule is Nc1ncnc(Oc2ccc(NC(=O)c3cnn(-c4ncccc4C(F)(F)F)c3C(F)(F)F)cc2F)c1Cl. The highest BCUT2D eigenvalue weighted by atomic mass is 35.5. The number of ether oxygens (including phenoxy) is 1. The highest BCUT2D eigenvalue weighted by Crippen LogP contribution is 2.38. The van der Waals surface area contributed by atoms with E-state index in [0.29, 0.717) is 18.3 Å². The smallest absolute Gasteiger partial charge is 0.434 e. The summed E-state index contributed by atoms with van der Waals surface area (Å²) in [7, 11) is 0. The van der Waals surface area contributed by atoms with Crippen LogP contribution in [0.1, 0.15) is 21.6 Å². The van der Waals surface area contributed by atoms with Crippen LogP contribution in [0.25, 0.3) is 5.82 Å². The van der Waals surface area contributed by atoms with Crippen LogP contribution in [0.3, 0.4) is 0 Å². The first-order chi connectivity index (χ1) is 17.8. The Labute approximate surface area is 212 Å². The summed E-state index contributed by atoms with van der Waals surface area (Å²) in [6.07, 6.45) is -8.14. The molecule has 0 aliphatic carbocycles. The number of nitrogens with two attached hydrogens (primary N) is 1. The second kappa shape index (κ2) is 9.77. The van der Waals surface area contributed by atoms with Crippen molar-refractivity contribution < 1.29 is 40.3 Å². The van der Waals surface area contributed by atoms with Crippen molar-refractivity contribution in [1.29, 1.82) is 0 Å². The van der Waals surface area contributed by atoms with Crippen molar-refractivity contribution >= 4 is 29.0 Å². The number of rotatable bonds is 5. The Balaban J connectivity index is 1.65. The van der Waals surface area contributed by atoms with Gasteiger partial charge in [0.25, 0.3) is 5.91 Å². The van der Waals surface area contributed by atoms with Crippen LogP contribution in [0.4, 0.5) is 42.2 Å². The number of hydrogen-bond donors (Lipinski definition) is 2. The Kier molecular flexibility index (Phi) is 6.84. The zero-order valence-corrected chi connectivity index (χ0v) is 19.0. The second-order valence-corrected chi connectivity index (χ2v) is 7.65. The summed E-state index contributed by atoms with van der Waals surface area (Å²) in [6, 6.07) is 4.19. The van der Waals surface area contributed by atoms with Crippen LogP contribution in [0.15, 0.2) is 49.1 Å². The van der Waals surface area contributed by atoms with Crippen LogP contribution in [0.5, 0.6) is 11.6 Å². The zero-order chi connectivity index (χ0) is 27.8. The van der Waals surface area contributed by atoms with Crippen LogP contribution in [0, 0.1) is 5.82 Å². The average Bonchev–Trinajstić information content (AvgIpc) is 3.29. The molecular formula is C21H11ClF7N7O2. The number of pyridine rings is 1. The Hall–Kier alpha value is -4.47. The summed E-state index contributed by atoms with van der Waals surface area (Å²) in [5.41, 5.74) is 0.717. The van der Waals surface area contributed by atoms with Gasteiger partial charge in [-0.3, -0.25) is 4.79 Å². The quantitative estimate of drug-likeness (QED) is 0.308. The molecule has 17 heteroatoms. The van der Waals surface area contributed by atoms with E-state index in [4.69, 9.17) is 22.1 Å². The molecule has 0 aliphatic heterocycles. The van der Waals surface area contributed by atoms with Crippen molar-refractivity contribution in [3.63, 3.8) is 0 Å². The largest absolute Gasteiger partial charge is 0.434 e. The fourth-order valence-corrected chi connectivity index (χ4v) is 3.27. The molecule has 4 aromatic rings. The van der Waals surface area contributed by atoms with E-state index in [2.05, 4.69) is 20.1 Å². The molecule has 1 aromatic carbocycles. The minimum atomic E-state index is -5.33. The molecule has 0 saturated heterocycles. The van der Waals surface area contributed by atoms with Crippen LogP contribution in [-0.2, 0) is 12.4 Å². The summed E-state index contributed by atoms with van der Waals surface area (Å²) in [5, 5.41) is 5.15. The van der Waals surface area contributed by atoms with Gasteiger partial charge in [0.05, 0.1) is 11.8 Å². The summed E-state index contributed by atoms with van der Waals surface area (Å²) >= 11 is 5.87. The number of carbonyl (C=O) groups excluding carboxylic acids is 1. The lowest BCUT2D eigenvalue weighted by atomic mass is 10.2. The lowest BCUT2D eigenvalue weighted by Crippen LogP contribution is -2.22. The van der Waals surface area contributed by atoms with Crippen LogP contribution in [0.2, 0.25) is 5.02 Å². The molecule has 0 unspecified atom stereocenters. The first kappa shape index (κ1) is 26.6. The van der Waals surface area contributed by atoms with Gasteiger partial charge < -0.3 is 15.8 Å². The van der Waals surface area contributed by atoms with E-state index in [1.165, 1.54) is 0 Å². The monoisotopic (exact) mass is 561 g/mol. The van der Waals surface area contributed by atoms with E-state index < -0.39 is 52.5 Å². The molecular weight excluding hydrogens is 551 g/mol. The maximum absolute atomic E-state index is 14.6. The molecule has 0 saturated carbocycles. The van der Waals surface area contributed by atoms with Gasteiger partial charge in [0.1, 0.15) is 22.7 Å². The van der Waals surface area contributed by atoms with Gasteiger partial charge in [-0.1, -0.05) is 11.6 Å². The maximum atomic E-state index is 14.6. The molecule has 1 amide bonds. The van der Waals surface area contributed by atoms with Gasteiger partial charge in [0.15, 0.2) is 23.1 Å². The first-order valence-corrected chi connectivity index (χ1v) is 10.4. The molecule has 0 aliphatic rings. The van der Waals surface area contributed by atoms with E-state index in [9.17, 15) is 35.5 Å². The normalized spacial score (nSPS) is 11.9. The molecule has 0 bridgehead atoms. The number of nitrogens with one attached hydrogen (secondary N) is 1. The Morgan fingerprint density at radius 1 is 1.05 bits per heavy atom. The molecule has 38 heavy (non-hydrogen) atoms. The number of amides is 1. The van der Waals surface area contributed by atoms with E-state index in [1.807, 2.05) is 5.32 Å². The molecule has 3 aromatic heterocycles. The third kappa shape index (κ3) is 5.29. The van der Waals surface area contributed by atoms with Crippen molar-refractivity contribution in [3.05, 3.63) is 76.7 Å². The van der Waals surface area contributed by atoms with E-state index in [-0.39, 0.29) is 27.1 Å². The Bertz CT molecular complexity index is 1520. The van der Waals surface area contributed by atoms with Crippen LogP contribution in [-0.4, -0.2) is 30.6 Å². The Morgan fingerprint density at radius 3 is 2.45 bits per heavy atom. The molecule has 198 valence electrons. The maximum Gasteiger partial charge on any atom is 0.434 e. The van der Waals surface area contributed by atoms with Gasteiger partial charge in [-0.15, -0.1) is 0 Å². The number of nitrogen functional groups attached to an aromatic ring is 1. The van der Waals surface area contributed by atoms with Crippen molar-refractivity contribution in [2.75, 3.05) is 11.1 Å². The number of hydrogen-bond acceptors (Lipinski definition) is 7. The number of alkyl halides is 6. The number of benzene rings is 1. The van der Waals surface area contributed by atoms with E-state index in [1.54, 1.807) is 0 Å². The number of anilines is 2. The highest BCUT2D eigenvalue weighted by Gasteiger charge is 2.43. The zero-order valence-electron chi connectivity index (χ0n) is 18.3. The third-order valence-corrected chi connectivity index (χ3v) is 5.11. The lowest BCUT2D eigenvalue weighted by Gasteiger charge is -2.16. The molecule has 0 spiro atoms. The predicted molar refractivity (Wildman–Crippen MR) is 117 cm³/mol. The summed E-state index contributed by atoms with van der Waals surface area (Å²) in [5.74, 6) is -4.57. The summed E-state index contributed by atoms with van der Waals surface area (Å²) < 4.78 is 101. The van der Waals surface area contributed by atoms with E-state index in [0.717, 1.165) is 30.7 Å². The number of aromatic nitrogens is 5. The second-order valence-electron chi connectivity index (χ2n) is 7.27. The number of nitrogens with zero attached hydrogens (tertiary/aromatic N) is 5. The highest BCUT2D eigenvalue weighted by molar-refractivity contribution is 6.34. The Morgan fingerprint density at radius 2 is 1.79 bits per heavy atom. The van der Waals surface area contributed by atoms with Crippen molar-refractivity contribution in [1.82, 2.24) is 24.7 Å². The van der Waals surface area contributed by atoms with E-state index >= 15 is 0 Å². The minimum Gasteiger partial charge on any atom is -0.434 e. The summed E-state index contributed by atoms with van der Waals surface area (Å²) in [6.45, 7) is 0. The van der Waals surface area contributed by atoms with Gasteiger partial charge in [0, 0.05) is 18.0 Å². The van der Waals surface area contributed by atoms with Gasteiger partial charge in [-0.2, -0.15) is 36.4 Å². The molecule has 9 nitrogen and oxygen atoms in total. The molecule has 3 N–H and O–H groups in total. The third-order valence-electron chi connectivity index (χ3n) is 4.76. The van der Waals surface area contributed by atoms with Gasteiger partial charge in [-0.05, 0) is 24.3 Å². The fraction of sp³-hybridized carbons (Fsp3) is 0.0952. The number of halogens is 8. The molecule has 0 fully saturated rings. The van der Waals surface area contributed by atoms with Gasteiger partial charge >= 0.3 is 12.4 Å². The lowest BCUT2D eigenvalue weighted by molar-refractivity contribution is -0.145. The van der Waals surface area contributed by atoms with Crippen molar-refractivity contribution in [3.8, 4) is 17.4 Å². The van der Waals surface area contributed by atoms with Gasteiger partial charge in [-0.25, -0.2) is 19.0 Å². The van der Waals surface area contributed by atoms with Gasteiger partial charge in [0.2, 0.25) is 5.88 Å². The molecule has 3 heterocycles. The first-order valence-electron chi connectivity index (χ1n) is 10.00. The molecule has 0 atom stereocenters. The fourth-order valence-electron chi connectivity index (χ4n) is 3.14. The van der Waals surface area contributed by atoms with Crippen molar-refractivity contribution in [2.24, 2.45) is 0 Å². The number of carbonyl (C=O) groups is 1. The molecule has 0 radical (unpaired) electrons. The average molecular weight is 562 g/mol. The van der Waals surface area contributed by atoms with Crippen molar-refractivity contribution in [2.45, 2.75) is 12.4 Å². The van der Waals surface area contributed by atoms with Crippen LogP contribution >= 0.6 is 11.6 Å².